The fraction of sp³-hybridized carbons (Fsp3) is 0.438. The van der Waals surface area contributed by atoms with E-state index in [4.69, 9.17) is 5.11 Å². The molecule has 2 N–H and O–H groups in total. The number of benzene rings is 1. The topological polar surface area (TPSA) is 75.1 Å². The first-order valence-corrected chi connectivity index (χ1v) is 7.27. The van der Waals surface area contributed by atoms with Crippen LogP contribution in [0.3, 0.4) is 0 Å². The average molecular weight is 285 g/mol. The highest BCUT2D eigenvalue weighted by atomic mass is 16.4. The Hall–Kier alpha value is -2.17. The van der Waals surface area contributed by atoms with Crippen LogP contribution < -0.4 is 5.32 Å². The molecule has 1 heterocycles. The number of hydrogen-bond acceptors (Lipinski definition) is 4. The summed E-state index contributed by atoms with van der Waals surface area (Å²) in [6.07, 6.45) is 3.26. The molecule has 1 saturated carbocycles. The van der Waals surface area contributed by atoms with Crippen molar-refractivity contribution >= 4 is 22.8 Å². The average Bonchev–Trinajstić information content (AvgIpc) is 2.41. The van der Waals surface area contributed by atoms with Crippen molar-refractivity contribution in [3.63, 3.8) is 0 Å². The first-order chi connectivity index (χ1) is 10.1. The van der Waals surface area contributed by atoms with Crippen molar-refractivity contribution in [2.45, 2.75) is 32.6 Å². The van der Waals surface area contributed by atoms with Gasteiger partial charge < -0.3 is 10.4 Å². The number of aromatic nitrogens is 2. The number of aryl methyl sites for hydroxylation is 1. The highest BCUT2D eigenvalue weighted by molar-refractivity contribution is 5.76. The molecule has 1 fully saturated rings. The minimum atomic E-state index is -0.724. The number of para-hydroxylation sites is 2. The smallest absolute Gasteiger partial charge is 0.303 e. The zero-order valence-corrected chi connectivity index (χ0v) is 12.1. The Kier molecular flexibility index (Phi) is 3.49. The van der Waals surface area contributed by atoms with Gasteiger partial charge in [0, 0.05) is 6.54 Å². The molecule has 5 heteroatoms. The number of carboxylic acids is 1. The van der Waals surface area contributed by atoms with Gasteiger partial charge >= 0.3 is 5.97 Å². The third kappa shape index (κ3) is 2.82. The van der Waals surface area contributed by atoms with Gasteiger partial charge in [-0.15, -0.1) is 0 Å². The fourth-order valence-electron chi connectivity index (χ4n) is 2.94. The standard InChI is InChI=1S/C16H19N3O2/c1-11-15(19-13-6-3-2-5-12(13)18-11)17-10-16(7-4-8-16)9-14(20)21/h2-3,5-6H,4,7-10H2,1H3,(H,17,19)(H,20,21). The van der Waals surface area contributed by atoms with Crippen molar-refractivity contribution in [1.82, 2.24) is 9.97 Å². The van der Waals surface area contributed by atoms with E-state index in [2.05, 4.69) is 15.3 Å². The molecule has 0 bridgehead atoms. The fourth-order valence-corrected chi connectivity index (χ4v) is 2.94. The molecular formula is C16H19N3O2. The van der Waals surface area contributed by atoms with E-state index in [1.807, 2.05) is 31.2 Å². The quantitative estimate of drug-likeness (QED) is 0.883. The van der Waals surface area contributed by atoms with Crippen LogP contribution in [-0.4, -0.2) is 27.6 Å². The maximum Gasteiger partial charge on any atom is 0.303 e. The molecule has 110 valence electrons. The molecule has 0 unspecified atom stereocenters. The second-order valence-corrected chi connectivity index (χ2v) is 5.92. The molecular weight excluding hydrogens is 266 g/mol. The molecule has 1 aliphatic carbocycles. The third-order valence-corrected chi connectivity index (χ3v) is 4.32. The molecule has 0 aliphatic heterocycles. The molecule has 1 aliphatic rings. The van der Waals surface area contributed by atoms with Crippen LogP contribution in [0.4, 0.5) is 5.82 Å². The normalized spacial score (nSPS) is 16.4. The van der Waals surface area contributed by atoms with E-state index in [0.717, 1.165) is 41.8 Å². The first kappa shape index (κ1) is 13.8. The van der Waals surface area contributed by atoms with Crippen molar-refractivity contribution in [3.8, 4) is 0 Å². The van der Waals surface area contributed by atoms with Crippen molar-refractivity contribution in [1.29, 1.82) is 0 Å². The summed E-state index contributed by atoms with van der Waals surface area (Å²) in [6, 6.07) is 7.76. The Balaban J connectivity index is 1.78. The number of nitrogens with one attached hydrogen (secondary N) is 1. The van der Waals surface area contributed by atoms with E-state index in [1.54, 1.807) is 0 Å². The lowest BCUT2D eigenvalue weighted by Gasteiger charge is -2.41. The second kappa shape index (κ2) is 5.31. The van der Waals surface area contributed by atoms with Gasteiger partial charge in [-0.05, 0) is 37.3 Å². The molecule has 5 nitrogen and oxygen atoms in total. The van der Waals surface area contributed by atoms with E-state index in [9.17, 15) is 4.79 Å². The summed E-state index contributed by atoms with van der Waals surface area (Å²) in [6.45, 7) is 2.57. The number of anilines is 1. The Morgan fingerprint density at radius 2 is 1.95 bits per heavy atom. The van der Waals surface area contributed by atoms with Crippen LogP contribution in [0.5, 0.6) is 0 Å². The van der Waals surface area contributed by atoms with E-state index in [-0.39, 0.29) is 11.8 Å². The monoisotopic (exact) mass is 285 g/mol. The summed E-state index contributed by atoms with van der Waals surface area (Å²) in [5.41, 5.74) is 2.46. The third-order valence-electron chi connectivity index (χ3n) is 4.32. The van der Waals surface area contributed by atoms with Crippen LogP contribution in [0, 0.1) is 12.3 Å². The van der Waals surface area contributed by atoms with Crippen LogP contribution in [0.25, 0.3) is 11.0 Å². The summed E-state index contributed by atoms with van der Waals surface area (Å²) in [5.74, 6) is 0.0307. The molecule has 21 heavy (non-hydrogen) atoms. The zero-order valence-electron chi connectivity index (χ0n) is 12.1. The highest BCUT2D eigenvalue weighted by Gasteiger charge is 2.38. The van der Waals surface area contributed by atoms with Gasteiger partial charge in [0.25, 0.3) is 0 Å². The van der Waals surface area contributed by atoms with Crippen LogP contribution in [0.15, 0.2) is 24.3 Å². The van der Waals surface area contributed by atoms with Crippen molar-refractivity contribution < 1.29 is 9.90 Å². The largest absolute Gasteiger partial charge is 0.481 e. The van der Waals surface area contributed by atoms with Crippen molar-refractivity contribution in [2.75, 3.05) is 11.9 Å². The maximum absolute atomic E-state index is 11.0. The Morgan fingerprint density at radius 1 is 1.29 bits per heavy atom. The Bertz CT molecular complexity index is 680. The number of fused-ring (bicyclic) bond motifs is 1. The maximum atomic E-state index is 11.0. The van der Waals surface area contributed by atoms with Crippen LogP contribution in [0.1, 0.15) is 31.4 Å². The Labute approximate surface area is 123 Å². The molecule has 0 amide bonds. The predicted octanol–water partition coefficient (Wildman–Crippen LogP) is 3.00. The molecule has 1 aromatic carbocycles. The number of nitrogens with zero attached hydrogens (tertiary/aromatic N) is 2. The van der Waals surface area contributed by atoms with Gasteiger partial charge in [0.2, 0.25) is 0 Å². The molecule has 0 saturated heterocycles. The lowest BCUT2D eigenvalue weighted by Crippen LogP contribution is -2.38. The van der Waals surface area contributed by atoms with Gasteiger partial charge in [0.1, 0.15) is 5.82 Å². The van der Waals surface area contributed by atoms with E-state index >= 15 is 0 Å². The molecule has 1 aromatic heterocycles. The second-order valence-electron chi connectivity index (χ2n) is 5.92. The van der Waals surface area contributed by atoms with E-state index in [1.165, 1.54) is 0 Å². The first-order valence-electron chi connectivity index (χ1n) is 7.27. The lowest BCUT2D eigenvalue weighted by molar-refractivity contribution is -0.141. The van der Waals surface area contributed by atoms with Crippen molar-refractivity contribution in [2.24, 2.45) is 5.41 Å². The SMILES string of the molecule is Cc1nc2ccccc2nc1NCC1(CC(=O)O)CCC1. The van der Waals surface area contributed by atoms with Crippen LogP contribution >= 0.6 is 0 Å². The molecule has 0 radical (unpaired) electrons. The number of carboxylic acid groups (broad SMARTS) is 1. The van der Waals surface area contributed by atoms with Gasteiger partial charge in [0.15, 0.2) is 0 Å². The number of rotatable bonds is 5. The Morgan fingerprint density at radius 3 is 2.52 bits per heavy atom. The summed E-state index contributed by atoms with van der Waals surface area (Å²) >= 11 is 0. The highest BCUT2D eigenvalue weighted by Crippen LogP contribution is 2.44. The summed E-state index contributed by atoms with van der Waals surface area (Å²) < 4.78 is 0. The van der Waals surface area contributed by atoms with Crippen LogP contribution in [0.2, 0.25) is 0 Å². The minimum Gasteiger partial charge on any atom is -0.481 e. The molecule has 0 spiro atoms. The van der Waals surface area contributed by atoms with Gasteiger partial charge in [-0.25, -0.2) is 9.97 Å². The van der Waals surface area contributed by atoms with Gasteiger partial charge in [-0.1, -0.05) is 18.6 Å². The van der Waals surface area contributed by atoms with Gasteiger partial charge in [0.05, 0.1) is 23.1 Å². The lowest BCUT2D eigenvalue weighted by atomic mass is 9.66. The zero-order chi connectivity index (χ0) is 14.9. The minimum absolute atomic E-state index is 0.119. The summed E-state index contributed by atoms with van der Waals surface area (Å²) in [4.78, 5) is 20.1. The summed E-state index contributed by atoms with van der Waals surface area (Å²) in [5, 5.41) is 12.4. The molecule has 0 atom stereocenters. The number of carbonyl (C=O) groups is 1. The van der Waals surface area contributed by atoms with Gasteiger partial charge in [-0.2, -0.15) is 0 Å². The number of hydrogen-bond donors (Lipinski definition) is 2. The van der Waals surface area contributed by atoms with Crippen LogP contribution in [-0.2, 0) is 4.79 Å². The molecule has 2 aromatic rings. The van der Waals surface area contributed by atoms with E-state index < -0.39 is 5.97 Å². The predicted molar refractivity (Wildman–Crippen MR) is 81.3 cm³/mol. The van der Waals surface area contributed by atoms with Gasteiger partial charge in [-0.3, -0.25) is 4.79 Å². The van der Waals surface area contributed by atoms with Crippen molar-refractivity contribution in [3.05, 3.63) is 30.0 Å². The van der Waals surface area contributed by atoms with E-state index in [0.29, 0.717) is 6.54 Å². The number of aliphatic carboxylic acids is 1. The summed E-state index contributed by atoms with van der Waals surface area (Å²) in [7, 11) is 0. The molecule has 3 rings (SSSR count).